The quantitative estimate of drug-likeness (QED) is 0.696. The number of rotatable bonds is 4. The van der Waals surface area contributed by atoms with Gasteiger partial charge in [0.15, 0.2) is 5.78 Å². The summed E-state index contributed by atoms with van der Waals surface area (Å²) in [6, 6.07) is 15.9. The van der Waals surface area contributed by atoms with Crippen molar-refractivity contribution in [1.82, 2.24) is 0 Å². The van der Waals surface area contributed by atoms with Gasteiger partial charge in [-0.1, -0.05) is 70.5 Å². The molecule has 0 bridgehead atoms. The fourth-order valence-corrected chi connectivity index (χ4v) is 2.22. The van der Waals surface area contributed by atoms with Crippen LogP contribution in [-0.2, 0) is 4.79 Å². The lowest BCUT2D eigenvalue weighted by molar-refractivity contribution is -0.117. The number of hydrogen-bond acceptors (Lipinski definition) is 2. The van der Waals surface area contributed by atoms with Crippen LogP contribution in [0.3, 0.4) is 0 Å². The molecule has 0 heterocycles. The summed E-state index contributed by atoms with van der Waals surface area (Å²) in [7, 11) is 0. The van der Waals surface area contributed by atoms with Crippen LogP contribution in [0.25, 0.3) is 0 Å². The van der Waals surface area contributed by atoms with Gasteiger partial charge >= 0.3 is 0 Å². The summed E-state index contributed by atoms with van der Waals surface area (Å²) in [5, 5.41) is 0. The number of hydrogen-bond donors (Lipinski definition) is 1. The van der Waals surface area contributed by atoms with E-state index in [9.17, 15) is 9.59 Å². The van der Waals surface area contributed by atoms with Crippen molar-refractivity contribution in [3.8, 4) is 0 Å². The monoisotopic (exact) mass is 317 g/mol. The van der Waals surface area contributed by atoms with Crippen LogP contribution < -0.4 is 5.73 Å². The Morgan fingerprint density at radius 3 is 2.16 bits per heavy atom. The van der Waals surface area contributed by atoms with E-state index in [0.717, 1.165) is 0 Å². The van der Waals surface area contributed by atoms with Crippen LogP contribution in [0.2, 0.25) is 0 Å². The number of alkyl halides is 1. The topological polar surface area (TPSA) is 60.2 Å². The average Bonchev–Trinajstić information content (AvgIpc) is 2.46. The summed E-state index contributed by atoms with van der Waals surface area (Å²) in [5.41, 5.74) is 6.93. The van der Waals surface area contributed by atoms with E-state index in [1.54, 1.807) is 48.5 Å². The maximum Gasteiger partial charge on any atom is 0.235 e. The zero-order valence-corrected chi connectivity index (χ0v) is 11.6. The first-order valence-electron chi connectivity index (χ1n) is 5.73. The first-order chi connectivity index (χ1) is 9.11. The van der Waals surface area contributed by atoms with Gasteiger partial charge in [-0.2, -0.15) is 0 Å². The Labute approximate surface area is 119 Å². The van der Waals surface area contributed by atoms with Crippen LogP contribution in [-0.4, -0.2) is 11.7 Å². The predicted molar refractivity (Wildman–Crippen MR) is 77.2 cm³/mol. The summed E-state index contributed by atoms with van der Waals surface area (Å²) in [6.45, 7) is 0. The lowest BCUT2D eigenvalue weighted by Crippen LogP contribution is -2.19. The van der Waals surface area contributed by atoms with Crippen LogP contribution in [0, 0.1) is 0 Å². The molecule has 0 aliphatic heterocycles. The molecule has 2 aromatic rings. The van der Waals surface area contributed by atoms with Gasteiger partial charge in [0.2, 0.25) is 5.91 Å². The number of primary amides is 1. The van der Waals surface area contributed by atoms with Crippen LogP contribution in [0.4, 0.5) is 0 Å². The van der Waals surface area contributed by atoms with E-state index >= 15 is 0 Å². The molecule has 2 N–H and O–H groups in total. The third-order valence-electron chi connectivity index (χ3n) is 2.76. The Kier molecular flexibility index (Phi) is 4.12. The molecule has 0 aliphatic rings. The third kappa shape index (κ3) is 2.90. The number of benzene rings is 2. The molecule has 0 spiro atoms. The summed E-state index contributed by atoms with van der Waals surface area (Å²) in [6.07, 6.45) is 0. The zero-order chi connectivity index (χ0) is 13.8. The molecule has 0 aliphatic carbocycles. The van der Waals surface area contributed by atoms with E-state index < -0.39 is 10.7 Å². The second-order valence-corrected chi connectivity index (χ2v) is 4.96. The molecule has 1 amide bonds. The Morgan fingerprint density at radius 2 is 1.53 bits per heavy atom. The van der Waals surface area contributed by atoms with Gasteiger partial charge in [-0.25, -0.2) is 0 Å². The molecule has 0 radical (unpaired) electrons. The molecular weight excluding hydrogens is 306 g/mol. The summed E-state index contributed by atoms with van der Waals surface area (Å²) in [4.78, 5) is 23.0. The lowest BCUT2D eigenvalue weighted by Gasteiger charge is -2.11. The number of ketones is 1. The Morgan fingerprint density at radius 1 is 0.947 bits per heavy atom. The van der Waals surface area contributed by atoms with Crippen molar-refractivity contribution >= 4 is 27.6 Å². The second kappa shape index (κ2) is 5.80. The molecule has 0 fully saturated rings. The molecule has 3 nitrogen and oxygen atoms in total. The minimum atomic E-state index is -0.670. The fourth-order valence-electron chi connectivity index (χ4n) is 1.82. The molecular formula is C15H12BrNO2. The molecule has 1 atom stereocenters. The molecule has 1 unspecified atom stereocenters. The normalized spacial score (nSPS) is 11.8. The zero-order valence-electron chi connectivity index (χ0n) is 10.0. The average molecular weight is 318 g/mol. The van der Waals surface area contributed by atoms with Crippen molar-refractivity contribution < 1.29 is 9.59 Å². The Balaban J connectivity index is 2.46. The maximum atomic E-state index is 12.4. The SMILES string of the molecule is NC(=O)C(Br)c1ccccc1C(=O)c1ccccc1. The predicted octanol–water partition coefficient (Wildman–Crippen LogP) is 2.84. The van der Waals surface area contributed by atoms with Crippen molar-refractivity contribution in [3.63, 3.8) is 0 Å². The van der Waals surface area contributed by atoms with Crippen LogP contribution in [0.5, 0.6) is 0 Å². The van der Waals surface area contributed by atoms with Crippen LogP contribution in [0.1, 0.15) is 26.3 Å². The van der Waals surface area contributed by atoms with Crippen molar-refractivity contribution in [2.24, 2.45) is 5.73 Å². The van der Waals surface area contributed by atoms with E-state index in [1.165, 1.54) is 0 Å². The van der Waals surface area contributed by atoms with Gasteiger partial charge in [-0.3, -0.25) is 9.59 Å². The minimum absolute atomic E-state index is 0.123. The van der Waals surface area contributed by atoms with Gasteiger partial charge in [0.05, 0.1) is 0 Å². The van der Waals surface area contributed by atoms with E-state index in [2.05, 4.69) is 15.9 Å². The summed E-state index contributed by atoms with van der Waals surface area (Å²) >= 11 is 3.22. The number of halogens is 1. The molecule has 2 aromatic carbocycles. The largest absolute Gasteiger partial charge is 0.368 e. The molecule has 0 aromatic heterocycles. The van der Waals surface area contributed by atoms with Crippen molar-refractivity contribution in [3.05, 3.63) is 71.3 Å². The first kappa shape index (κ1) is 13.5. The number of carbonyl (C=O) groups excluding carboxylic acids is 2. The fraction of sp³-hybridized carbons (Fsp3) is 0.0667. The van der Waals surface area contributed by atoms with Gasteiger partial charge in [-0.05, 0) is 5.56 Å². The Bertz CT molecular complexity index is 611. The molecule has 96 valence electrons. The summed E-state index contributed by atoms with van der Waals surface area (Å²) in [5.74, 6) is -0.643. The lowest BCUT2D eigenvalue weighted by atomic mass is 9.96. The van der Waals surface area contributed by atoms with Crippen molar-refractivity contribution in [2.75, 3.05) is 0 Å². The van der Waals surface area contributed by atoms with Gasteiger partial charge in [0, 0.05) is 11.1 Å². The smallest absolute Gasteiger partial charge is 0.235 e. The van der Waals surface area contributed by atoms with E-state index in [-0.39, 0.29) is 5.78 Å². The van der Waals surface area contributed by atoms with Crippen LogP contribution >= 0.6 is 15.9 Å². The number of amides is 1. The van der Waals surface area contributed by atoms with Gasteiger partial charge in [0.1, 0.15) is 4.83 Å². The number of carbonyl (C=O) groups is 2. The molecule has 4 heteroatoms. The van der Waals surface area contributed by atoms with E-state index in [0.29, 0.717) is 16.7 Å². The van der Waals surface area contributed by atoms with Crippen LogP contribution in [0.15, 0.2) is 54.6 Å². The molecule has 0 saturated heterocycles. The standard InChI is InChI=1S/C15H12BrNO2/c16-13(15(17)19)11-8-4-5-9-12(11)14(18)10-6-2-1-3-7-10/h1-9,13H,(H2,17,19). The first-order valence-corrected chi connectivity index (χ1v) is 6.65. The minimum Gasteiger partial charge on any atom is -0.368 e. The van der Waals surface area contributed by atoms with Gasteiger partial charge in [0.25, 0.3) is 0 Å². The highest BCUT2D eigenvalue weighted by molar-refractivity contribution is 9.09. The van der Waals surface area contributed by atoms with E-state index in [1.807, 2.05) is 6.07 Å². The molecule has 0 saturated carbocycles. The highest BCUT2D eigenvalue weighted by atomic mass is 79.9. The molecule has 2 rings (SSSR count). The highest BCUT2D eigenvalue weighted by Crippen LogP contribution is 2.27. The van der Waals surface area contributed by atoms with E-state index in [4.69, 9.17) is 5.73 Å². The van der Waals surface area contributed by atoms with Gasteiger partial charge in [-0.15, -0.1) is 0 Å². The highest BCUT2D eigenvalue weighted by Gasteiger charge is 2.21. The summed E-state index contributed by atoms with van der Waals surface area (Å²) < 4.78 is 0. The van der Waals surface area contributed by atoms with Gasteiger partial charge < -0.3 is 5.73 Å². The van der Waals surface area contributed by atoms with Crippen molar-refractivity contribution in [2.45, 2.75) is 4.83 Å². The molecule has 19 heavy (non-hydrogen) atoms. The second-order valence-electron chi connectivity index (χ2n) is 4.05. The number of nitrogens with two attached hydrogens (primary N) is 1. The maximum absolute atomic E-state index is 12.4. The Hall–Kier alpha value is -1.94. The third-order valence-corrected chi connectivity index (χ3v) is 3.71. The van der Waals surface area contributed by atoms with Crippen molar-refractivity contribution in [1.29, 1.82) is 0 Å².